The second-order valence-electron chi connectivity index (χ2n) is 8.71. The van der Waals surface area contributed by atoms with E-state index in [2.05, 4.69) is 10.2 Å². The molecule has 36 heavy (non-hydrogen) atoms. The zero-order valence-corrected chi connectivity index (χ0v) is 21.3. The summed E-state index contributed by atoms with van der Waals surface area (Å²) in [6.45, 7) is 9.95. The summed E-state index contributed by atoms with van der Waals surface area (Å²) in [5.41, 5.74) is 1.92. The van der Waals surface area contributed by atoms with Crippen molar-refractivity contribution in [2.45, 2.75) is 59.2 Å². The normalized spacial score (nSPS) is 11.9. The Morgan fingerprint density at radius 1 is 0.944 bits per heavy atom. The quantitative estimate of drug-likeness (QED) is 0.148. The van der Waals surface area contributed by atoms with Crippen molar-refractivity contribution in [1.29, 1.82) is 0 Å². The van der Waals surface area contributed by atoms with Crippen molar-refractivity contribution in [2.24, 2.45) is 0 Å². The van der Waals surface area contributed by atoms with Gasteiger partial charge >= 0.3 is 5.97 Å². The summed E-state index contributed by atoms with van der Waals surface area (Å²) in [5, 5.41) is 12.7. The molecule has 0 saturated carbocycles. The first-order valence-electron chi connectivity index (χ1n) is 11.9. The fraction of sp³-hybridized carbons (Fsp3) is 0.500. The minimum atomic E-state index is -0.861. The number of esters is 1. The van der Waals surface area contributed by atoms with Crippen LogP contribution in [-0.2, 0) is 32.3 Å². The van der Waals surface area contributed by atoms with Gasteiger partial charge in [0.2, 0.25) is 0 Å². The summed E-state index contributed by atoms with van der Waals surface area (Å²) in [7, 11) is 0. The first-order chi connectivity index (χ1) is 17.2. The van der Waals surface area contributed by atoms with Gasteiger partial charge in [0.1, 0.15) is 25.1 Å². The first-order valence-corrected chi connectivity index (χ1v) is 11.9. The van der Waals surface area contributed by atoms with Crippen LogP contribution in [0.25, 0.3) is 0 Å². The Morgan fingerprint density at radius 2 is 1.58 bits per heavy atom. The summed E-state index contributed by atoms with van der Waals surface area (Å²) in [4.78, 5) is 27.3. The highest BCUT2D eigenvalue weighted by molar-refractivity contribution is 5.89. The lowest BCUT2D eigenvalue weighted by Gasteiger charge is -2.20. The second kappa shape index (κ2) is 15.7. The fourth-order valence-electron chi connectivity index (χ4n) is 2.99. The smallest absolute Gasteiger partial charge is 0.338 e. The number of ether oxygens (including phenoxy) is 4. The SMILES string of the molecule is CC(C)NCC(COc1ccc(COCCOC(C)C)cc1)OC(=O)c1ccc(CO[N+](=O)[O-])cc1. The van der Waals surface area contributed by atoms with Gasteiger partial charge in [-0.1, -0.05) is 38.1 Å². The maximum absolute atomic E-state index is 12.6. The molecule has 1 N–H and O–H groups in total. The van der Waals surface area contributed by atoms with Crippen molar-refractivity contribution < 1.29 is 33.7 Å². The van der Waals surface area contributed by atoms with Crippen LogP contribution >= 0.6 is 0 Å². The maximum atomic E-state index is 12.6. The van der Waals surface area contributed by atoms with E-state index in [1.807, 2.05) is 52.0 Å². The molecule has 0 heterocycles. The molecule has 1 unspecified atom stereocenters. The van der Waals surface area contributed by atoms with Gasteiger partial charge in [-0.05, 0) is 49.2 Å². The van der Waals surface area contributed by atoms with Crippen LogP contribution in [0.4, 0.5) is 0 Å². The molecule has 0 saturated heterocycles. The highest BCUT2D eigenvalue weighted by atomic mass is 16.9. The van der Waals surface area contributed by atoms with Crippen LogP contribution in [0.1, 0.15) is 49.2 Å². The van der Waals surface area contributed by atoms with Gasteiger partial charge in [0.15, 0.2) is 0 Å². The molecule has 0 fully saturated rings. The zero-order valence-electron chi connectivity index (χ0n) is 21.3. The topological polar surface area (TPSA) is 118 Å². The average Bonchev–Trinajstić information content (AvgIpc) is 2.84. The molecule has 2 rings (SSSR count). The van der Waals surface area contributed by atoms with Crippen molar-refractivity contribution in [3.8, 4) is 5.75 Å². The predicted molar refractivity (Wildman–Crippen MR) is 133 cm³/mol. The number of carbonyl (C=O) groups is 1. The third-order valence-electron chi connectivity index (χ3n) is 4.86. The van der Waals surface area contributed by atoms with Crippen molar-refractivity contribution in [3.63, 3.8) is 0 Å². The van der Waals surface area contributed by atoms with Crippen LogP contribution in [0.15, 0.2) is 48.5 Å². The van der Waals surface area contributed by atoms with Gasteiger partial charge in [0.05, 0.1) is 31.5 Å². The lowest BCUT2D eigenvalue weighted by Crippen LogP contribution is -2.38. The number of carbonyl (C=O) groups excluding carboxylic acids is 1. The third kappa shape index (κ3) is 12.0. The number of nitrogens with one attached hydrogen (secondary N) is 1. The fourth-order valence-corrected chi connectivity index (χ4v) is 2.99. The van der Waals surface area contributed by atoms with Crippen LogP contribution in [-0.4, -0.2) is 55.7 Å². The third-order valence-corrected chi connectivity index (χ3v) is 4.86. The Labute approximate surface area is 211 Å². The molecular formula is C26H36N2O8. The number of rotatable bonds is 17. The first kappa shape index (κ1) is 29.0. The lowest BCUT2D eigenvalue weighted by molar-refractivity contribution is -0.763. The number of benzene rings is 2. The Balaban J connectivity index is 1.86. The number of hydrogen-bond donors (Lipinski definition) is 1. The molecule has 0 spiro atoms. The molecule has 1 atom stereocenters. The summed E-state index contributed by atoms with van der Waals surface area (Å²) < 4.78 is 22.6. The highest BCUT2D eigenvalue weighted by Gasteiger charge is 2.18. The predicted octanol–water partition coefficient (Wildman–Crippen LogP) is 3.94. The summed E-state index contributed by atoms with van der Waals surface area (Å²) >= 11 is 0. The Kier molecular flexibility index (Phi) is 12.7. The van der Waals surface area contributed by atoms with E-state index in [1.54, 1.807) is 24.3 Å². The van der Waals surface area contributed by atoms with Gasteiger partial charge in [0, 0.05) is 12.6 Å². The van der Waals surface area contributed by atoms with Gasteiger partial charge in [0.25, 0.3) is 5.09 Å². The van der Waals surface area contributed by atoms with Crippen LogP contribution in [0.2, 0.25) is 0 Å². The Bertz CT molecular complexity index is 917. The van der Waals surface area contributed by atoms with E-state index in [-0.39, 0.29) is 25.4 Å². The minimum absolute atomic E-state index is 0.169. The van der Waals surface area contributed by atoms with Crippen molar-refractivity contribution in [1.82, 2.24) is 5.32 Å². The highest BCUT2D eigenvalue weighted by Crippen LogP contribution is 2.15. The molecule has 0 aliphatic rings. The van der Waals surface area contributed by atoms with E-state index in [0.717, 1.165) is 5.56 Å². The molecule has 2 aromatic carbocycles. The van der Waals surface area contributed by atoms with Crippen LogP contribution in [0.3, 0.4) is 0 Å². The van der Waals surface area contributed by atoms with Gasteiger partial charge < -0.3 is 29.1 Å². The van der Waals surface area contributed by atoms with Gasteiger partial charge in [-0.15, -0.1) is 10.1 Å². The summed E-state index contributed by atoms with van der Waals surface area (Å²) in [6, 6.07) is 14.0. The molecule has 2 aromatic rings. The molecule has 0 aromatic heterocycles. The van der Waals surface area contributed by atoms with Crippen LogP contribution in [0.5, 0.6) is 5.75 Å². The molecule has 0 amide bonds. The standard InChI is InChI=1S/C26H36N2O8/c1-19(2)27-15-25(36-26(29)23-9-5-22(6-10-23)17-35-28(30)31)18-34-24-11-7-21(8-12-24)16-32-13-14-33-20(3)4/h5-12,19-20,25,27H,13-18H2,1-4H3. The van der Waals surface area contributed by atoms with E-state index in [9.17, 15) is 14.9 Å². The number of nitrogens with zero attached hydrogens (tertiary/aromatic N) is 1. The van der Waals surface area contributed by atoms with Gasteiger partial charge in [-0.3, -0.25) is 0 Å². The van der Waals surface area contributed by atoms with E-state index in [0.29, 0.717) is 43.2 Å². The minimum Gasteiger partial charge on any atom is -0.490 e. The van der Waals surface area contributed by atoms with Crippen LogP contribution in [0, 0.1) is 10.1 Å². The molecule has 10 nitrogen and oxygen atoms in total. The molecule has 0 bridgehead atoms. The van der Waals surface area contributed by atoms with Crippen molar-refractivity contribution in [3.05, 3.63) is 75.3 Å². The lowest BCUT2D eigenvalue weighted by atomic mass is 10.1. The second-order valence-corrected chi connectivity index (χ2v) is 8.71. The molecular weight excluding hydrogens is 468 g/mol. The summed E-state index contributed by atoms with van der Waals surface area (Å²) in [5.74, 6) is 0.146. The molecule has 0 aliphatic heterocycles. The Morgan fingerprint density at radius 3 is 2.19 bits per heavy atom. The van der Waals surface area contributed by atoms with Gasteiger partial charge in [-0.2, -0.15) is 0 Å². The van der Waals surface area contributed by atoms with E-state index >= 15 is 0 Å². The maximum Gasteiger partial charge on any atom is 0.338 e. The largest absolute Gasteiger partial charge is 0.490 e. The van der Waals surface area contributed by atoms with Crippen molar-refractivity contribution >= 4 is 5.97 Å². The molecule has 0 aliphatic carbocycles. The van der Waals surface area contributed by atoms with Crippen molar-refractivity contribution in [2.75, 3.05) is 26.4 Å². The van der Waals surface area contributed by atoms with E-state index in [4.69, 9.17) is 18.9 Å². The average molecular weight is 505 g/mol. The molecule has 10 heteroatoms. The Hall–Kier alpha value is -3.21. The van der Waals surface area contributed by atoms with Gasteiger partial charge in [-0.25, -0.2) is 4.79 Å². The summed E-state index contributed by atoms with van der Waals surface area (Å²) in [6.07, 6.45) is -0.339. The van der Waals surface area contributed by atoms with E-state index in [1.165, 1.54) is 0 Å². The van der Waals surface area contributed by atoms with E-state index < -0.39 is 17.2 Å². The number of hydrogen-bond acceptors (Lipinski definition) is 9. The zero-order chi connectivity index (χ0) is 26.3. The monoisotopic (exact) mass is 504 g/mol. The van der Waals surface area contributed by atoms with Crippen LogP contribution < -0.4 is 10.1 Å². The molecule has 198 valence electrons. The molecule has 0 radical (unpaired) electrons.